The highest BCUT2D eigenvalue weighted by molar-refractivity contribution is 6.03. The van der Waals surface area contributed by atoms with Crippen LogP contribution in [0.3, 0.4) is 0 Å². The van der Waals surface area contributed by atoms with Crippen molar-refractivity contribution >= 4 is 17.5 Å². The van der Waals surface area contributed by atoms with Crippen molar-refractivity contribution in [3.8, 4) is 0 Å². The first-order valence-corrected chi connectivity index (χ1v) is 6.85. The lowest BCUT2D eigenvalue weighted by Gasteiger charge is -2.31. The predicted molar refractivity (Wildman–Crippen MR) is 75.6 cm³/mol. The minimum absolute atomic E-state index is 0.250. The summed E-state index contributed by atoms with van der Waals surface area (Å²) in [5.41, 5.74) is 6.38. The minimum atomic E-state index is -0.934. The van der Waals surface area contributed by atoms with Crippen LogP contribution in [0.2, 0.25) is 0 Å². The number of rotatable bonds is 2. The van der Waals surface area contributed by atoms with Crippen LogP contribution in [-0.2, 0) is 4.79 Å². The van der Waals surface area contributed by atoms with Crippen molar-refractivity contribution in [1.29, 1.82) is 0 Å². The largest absolute Gasteiger partial charge is 0.368 e. The van der Waals surface area contributed by atoms with Crippen LogP contribution in [-0.4, -0.2) is 43.4 Å². The van der Waals surface area contributed by atoms with Crippen molar-refractivity contribution < 1.29 is 9.59 Å². The average Bonchev–Trinajstić information content (AvgIpc) is 3.02. The average molecular weight is 287 g/mol. The van der Waals surface area contributed by atoms with E-state index in [9.17, 15) is 9.59 Å². The third kappa shape index (κ3) is 1.96. The van der Waals surface area contributed by atoms with Gasteiger partial charge in [0.05, 0.1) is 6.20 Å². The smallest absolute Gasteiger partial charge is 0.260 e. The van der Waals surface area contributed by atoms with Crippen molar-refractivity contribution in [2.45, 2.75) is 32.2 Å². The summed E-state index contributed by atoms with van der Waals surface area (Å²) in [5.74, 6) is -0.728. The zero-order valence-electron chi connectivity index (χ0n) is 12.0. The first-order chi connectivity index (χ1) is 9.93. The van der Waals surface area contributed by atoms with E-state index in [4.69, 9.17) is 5.73 Å². The Morgan fingerprint density at radius 1 is 1.38 bits per heavy atom. The fraction of sp³-hybridized carbons (Fsp3) is 0.429. The van der Waals surface area contributed by atoms with E-state index < -0.39 is 11.4 Å². The van der Waals surface area contributed by atoms with Crippen molar-refractivity contribution in [3.05, 3.63) is 29.7 Å². The van der Waals surface area contributed by atoms with Crippen LogP contribution < -0.4 is 5.73 Å². The second-order valence-corrected chi connectivity index (χ2v) is 5.66. The molecule has 2 aromatic rings. The minimum Gasteiger partial charge on any atom is -0.368 e. The van der Waals surface area contributed by atoms with Gasteiger partial charge in [-0.05, 0) is 32.3 Å². The molecule has 0 saturated carbocycles. The van der Waals surface area contributed by atoms with Gasteiger partial charge in [-0.3, -0.25) is 9.59 Å². The molecular formula is C14H17N5O2. The van der Waals surface area contributed by atoms with Gasteiger partial charge in [-0.2, -0.15) is 5.10 Å². The van der Waals surface area contributed by atoms with Crippen LogP contribution in [0.15, 0.2) is 18.6 Å². The SMILES string of the molecule is Cc1cnc2c(C(=O)N3CCCC3(C)C(N)=O)cnn2c1. The van der Waals surface area contributed by atoms with Gasteiger partial charge in [-0.15, -0.1) is 0 Å². The van der Waals surface area contributed by atoms with Gasteiger partial charge in [0.1, 0.15) is 11.1 Å². The van der Waals surface area contributed by atoms with E-state index >= 15 is 0 Å². The number of carbonyl (C=O) groups excluding carboxylic acids is 2. The van der Waals surface area contributed by atoms with E-state index in [-0.39, 0.29) is 5.91 Å². The molecule has 3 heterocycles. The molecule has 21 heavy (non-hydrogen) atoms. The van der Waals surface area contributed by atoms with Crippen LogP contribution in [0.4, 0.5) is 0 Å². The Bertz CT molecular complexity index is 738. The summed E-state index contributed by atoms with van der Waals surface area (Å²) < 4.78 is 1.57. The maximum atomic E-state index is 12.8. The number of nitrogens with two attached hydrogens (primary N) is 1. The van der Waals surface area contributed by atoms with Crippen LogP contribution in [0, 0.1) is 6.92 Å². The Morgan fingerprint density at radius 3 is 2.86 bits per heavy atom. The quantitative estimate of drug-likeness (QED) is 0.871. The number of primary amides is 1. The van der Waals surface area contributed by atoms with E-state index in [0.717, 1.165) is 12.0 Å². The molecule has 3 rings (SSSR count). The van der Waals surface area contributed by atoms with Crippen molar-refractivity contribution in [2.24, 2.45) is 5.73 Å². The molecule has 1 saturated heterocycles. The fourth-order valence-electron chi connectivity index (χ4n) is 2.81. The number of fused-ring (bicyclic) bond motifs is 1. The number of hydrogen-bond donors (Lipinski definition) is 1. The Morgan fingerprint density at radius 2 is 2.14 bits per heavy atom. The summed E-state index contributed by atoms with van der Waals surface area (Å²) >= 11 is 0. The van der Waals surface area contributed by atoms with E-state index in [2.05, 4.69) is 10.1 Å². The molecule has 2 aromatic heterocycles. The second kappa shape index (κ2) is 4.54. The van der Waals surface area contributed by atoms with E-state index in [0.29, 0.717) is 24.2 Å². The van der Waals surface area contributed by atoms with Gasteiger partial charge in [0.25, 0.3) is 5.91 Å². The first kappa shape index (κ1) is 13.5. The normalized spacial score (nSPS) is 21.9. The monoisotopic (exact) mass is 287 g/mol. The van der Waals surface area contributed by atoms with Gasteiger partial charge in [0.2, 0.25) is 5.91 Å². The molecule has 0 aromatic carbocycles. The first-order valence-electron chi connectivity index (χ1n) is 6.85. The predicted octanol–water partition coefficient (Wildman–Crippen LogP) is 0.518. The lowest BCUT2D eigenvalue weighted by atomic mass is 9.97. The molecule has 2 amide bonds. The van der Waals surface area contributed by atoms with Crippen molar-refractivity contribution in [2.75, 3.05) is 6.54 Å². The molecule has 7 nitrogen and oxygen atoms in total. The van der Waals surface area contributed by atoms with Crippen molar-refractivity contribution in [1.82, 2.24) is 19.5 Å². The molecule has 1 unspecified atom stereocenters. The summed E-state index contributed by atoms with van der Waals surface area (Å²) in [6, 6.07) is 0. The summed E-state index contributed by atoms with van der Waals surface area (Å²) in [4.78, 5) is 30.3. The molecule has 0 bridgehead atoms. The van der Waals surface area contributed by atoms with E-state index in [1.807, 2.05) is 6.92 Å². The van der Waals surface area contributed by atoms with Crippen LogP contribution in [0.1, 0.15) is 35.7 Å². The number of likely N-dealkylation sites (tertiary alicyclic amines) is 1. The maximum absolute atomic E-state index is 12.8. The number of aromatic nitrogens is 3. The van der Waals surface area contributed by atoms with Gasteiger partial charge in [-0.25, -0.2) is 9.50 Å². The third-order valence-electron chi connectivity index (χ3n) is 4.13. The third-order valence-corrected chi connectivity index (χ3v) is 4.13. The molecule has 1 fully saturated rings. The topological polar surface area (TPSA) is 93.6 Å². The van der Waals surface area contributed by atoms with Crippen LogP contribution in [0.5, 0.6) is 0 Å². The highest BCUT2D eigenvalue weighted by atomic mass is 16.2. The zero-order chi connectivity index (χ0) is 15.2. The number of aryl methyl sites for hydroxylation is 1. The summed E-state index contributed by atoms with van der Waals surface area (Å²) in [7, 11) is 0. The molecule has 110 valence electrons. The summed E-state index contributed by atoms with van der Waals surface area (Å²) in [6.45, 7) is 4.13. The Labute approximate surface area is 121 Å². The molecule has 0 aliphatic carbocycles. The Balaban J connectivity index is 2.03. The Kier molecular flexibility index (Phi) is 2.93. The lowest BCUT2D eigenvalue weighted by molar-refractivity contribution is -0.126. The molecule has 1 aliphatic rings. The highest BCUT2D eigenvalue weighted by Gasteiger charge is 2.45. The number of hydrogen-bond acceptors (Lipinski definition) is 4. The molecule has 7 heteroatoms. The van der Waals surface area contributed by atoms with E-state index in [1.165, 1.54) is 11.1 Å². The lowest BCUT2D eigenvalue weighted by Crippen LogP contribution is -2.53. The van der Waals surface area contributed by atoms with Gasteiger partial charge < -0.3 is 10.6 Å². The second-order valence-electron chi connectivity index (χ2n) is 5.66. The molecule has 0 radical (unpaired) electrons. The molecule has 0 spiro atoms. The number of nitrogens with zero attached hydrogens (tertiary/aromatic N) is 4. The summed E-state index contributed by atoms with van der Waals surface area (Å²) in [5, 5.41) is 4.16. The van der Waals surface area contributed by atoms with Crippen LogP contribution in [0.25, 0.3) is 5.65 Å². The highest BCUT2D eigenvalue weighted by Crippen LogP contribution is 2.30. The van der Waals surface area contributed by atoms with Gasteiger partial charge >= 0.3 is 0 Å². The standard InChI is InChI=1S/C14H17N5O2/c1-9-6-16-11-10(7-17-19(11)8-9)12(20)18-5-3-4-14(18,2)13(15)21/h6-8H,3-5H2,1-2H3,(H2,15,21). The molecule has 2 N–H and O–H groups in total. The number of carbonyl (C=O) groups is 2. The molecule has 1 aliphatic heterocycles. The van der Waals surface area contributed by atoms with Gasteiger partial charge in [0.15, 0.2) is 5.65 Å². The van der Waals surface area contributed by atoms with E-state index in [1.54, 1.807) is 23.8 Å². The molecular weight excluding hydrogens is 270 g/mol. The number of amides is 2. The molecule has 1 atom stereocenters. The van der Waals surface area contributed by atoms with Gasteiger partial charge in [0, 0.05) is 18.9 Å². The zero-order valence-corrected chi connectivity index (χ0v) is 12.0. The van der Waals surface area contributed by atoms with Crippen molar-refractivity contribution in [3.63, 3.8) is 0 Å². The van der Waals surface area contributed by atoms with Crippen LogP contribution >= 0.6 is 0 Å². The maximum Gasteiger partial charge on any atom is 0.260 e. The van der Waals surface area contributed by atoms with Gasteiger partial charge in [-0.1, -0.05) is 0 Å². The Hall–Kier alpha value is -2.44. The summed E-state index contributed by atoms with van der Waals surface area (Å²) in [6.07, 6.45) is 6.32. The fourth-order valence-corrected chi connectivity index (χ4v) is 2.81.